The summed E-state index contributed by atoms with van der Waals surface area (Å²) in [5.41, 5.74) is 2.34. The van der Waals surface area contributed by atoms with Gasteiger partial charge in [0, 0.05) is 43.7 Å². The Labute approximate surface area is 115 Å². The Morgan fingerprint density at radius 1 is 1.30 bits per heavy atom. The molecule has 6 heteroatoms. The van der Waals surface area contributed by atoms with Crippen molar-refractivity contribution in [3.05, 3.63) is 64.7 Å². The summed E-state index contributed by atoms with van der Waals surface area (Å²) in [6, 6.07) is 5.28. The Morgan fingerprint density at radius 3 is 2.80 bits per heavy atom. The van der Waals surface area contributed by atoms with Crippen LogP contribution in [0.4, 0.5) is 0 Å². The minimum Gasteiger partial charge on any atom is -0.310 e. The van der Waals surface area contributed by atoms with Crippen LogP contribution < -0.4 is 5.56 Å². The molecule has 1 N–H and O–H groups in total. The molecule has 0 bridgehead atoms. The molecule has 20 heavy (non-hydrogen) atoms. The van der Waals surface area contributed by atoms with E-state index in [-0.39, 0.29) is 5.56 Å². The molecule has 0 amide bonds. The van der Waals surface area contributed by atoms with Gasteiger partial charge < -0.3 is 4.98 Å². The highest BCUT2D eigenvalue weighted by atomic mass is 16.1. The van der Waals surface area contributed by atoms with Gasteiger partial charge in [-0.2, -0.15) is 5.10 Å². The zero-order valence-electron chi connectivity index (χ0n) is 10.9. The molecule has 0 aliphatic rings. The van der Waals surface area contributed by atoms with Crippen LogP contribution in [0.2, 0.25) is 0 Å². The van der Waals surface area contributed by atoms with Crippen molar-refractivity contribution in [1.82, 2.24) is 24.7 Å². The Balaban J connectivity index is 1.97. The number of H-pyrrole nitrogens is 1. The number of pyridine rings is 1. The number of rotatable bonds is 3. The van der Waals surface area contributed by atoms with Crippen LogP contribution in [0.3, 0.4) is 0 Å². The lowest BCUT2D eigenvalue weighted by molar-refractivity contribution is 0.768. The first-order valence-corrected chi connectivity index (χ1v) is 6.19. The minimum atomic E-state index is -0.164. The van der Waals surface area contributed by atoms with Gasteiger partial charge in [-0.3, -0.25) is 14.5 Å². The van der Waals surface area contributed by atoms with Gasteiger partial charge in [0.25, 0.3) is 5.56 Å². The second kappa shape index (κ2) is 5.08. The highest BCUT2D eigenvalue weighted by Crippen LogP contribution is 2.14. The van der Waals surface area contributed by atoms with E-state index in [1.807, 2.05) is 25.4 Å². The zero-order valence-corrected chi connectivity index (χ0v) is 10.9. The molecule has 0 aliphatic carbocycles. The number of nitrogens with one attached hydrogen (secondary N) is 1. The van der Waals surface area contributed by atoms with Crippen molar-refractivity contribution in [2.24, 2.45) is 7.05 Å². The summed E-state index contributed by atoms with van der Waals surface area (Å²) in [5.74, 6) is 0.627. The van der Waals surface area contributed by atoms with E-state index in [2.05, 4.69) is 20.1 Å². The van der Waals surface area contributed by atoms with Crippen molar-refractivity contribution >= 4 is 0 Å². The Hall–Kier alpha value is -2.76. The molecule has 100 valence electrons. The van der Waals surface area contributed by atoms with Crippen LogP contribution in [-0.2, 0) is 13.5 Å². The van der Waals surface area contributed by atoms with Crippen molar-refractivity contribution < 1.29 is 0 Å². The van der Waals surface area contributed by atoms with Gasteiger partial charge in [0.15, 0.2) is 0 Å². The summed E-state index contributed by atoms with van der Waals surface area (Å²) < 4.78 is 1.68. The third-order valence-electron chi connectivity index (χ3n) is 2.91. The quantitative estimate of drug-likeness (QED) is 0.772. The second-order valence-corrected chi connectivity index (χ2v) is 4.51. The molecule has 0 spiro atoms. The number of hydrogen-bond donors (Lipinski definition) is 1. The lowest BCUT2D eigenvalue weighted by atomic mass is 10.2. The van der Waals surface area contributed by atoms with Crippen LogP contribution in [0.25, 0.3) is 11.3 Å². The third-order valence-corrected chi connectivity index (χ3v) is 2.91. The van der Waals surface area contributed by atoms with E-state index < -0.39 is 0 Å². The summed E-state index contributed by atoms with van der Waals surface area (Å²) in [5, 5.41) is 4.09. The number of nitrogens with zero attached hydrogens (tertiary/aromatic N) is 4. The van der Waals surface area contributed by atoms with E-state index in [0.29, 0.717) is 17.9 Å². The monoisotopic (exact) mass is 267 g/mol. The van der Waals surface area contributed by atoms with Crippen LogP contribution in [0.1, 0.15) is 11.4 Å². The number of aryl methyl sites for hydroxylation is 1. The van der Waals surface area contributed by atoms with Gasteiger partial charge in [0.2, 0.25) is 0 Å². The van der Waals surface area contributed by atoms with Crippen molar-refractivity contribution in [1.29, 1.82) is 0 Å². The smallest absolute Gasteiger partial charge is 0.251 e. The summed E-state index contributed by atoms with van der Waals surface area (Å²) in [6.45, 7) is 0. The first-order chi connectivity index (χ1) is 9.70. The Morgan fingerprint density at radius 2 is 2.10 bits per heavy atom. The molecule has 0 radical (unpaired) electrons. The van der Waals surface area contributed by atoms with Crippen LogP contribution in [-0.4, -0.2) is 24.7 Å². The molecule has 0 unspecified atom stereocenters. The van der Waals surface area contributed by atoms with E-state index in [9.17, 15) is 4.79 Å². The van der Waals surface area contributed by atoms with Gasteiger partial charge >= 0.3 is 0 Å². The van der Waals surface area contributed by atoms with Crippen molar-refractivity contribution in [2.75, 3.05) is 0 Å². The van der Waals surface area contributed by atoms with Gasteiger partial charge in [-0.25, -0.2) is 4.98 Å². The molecule has 0 saturated heterocycles. The van der Waals surface area contributed by atoms with E-state index in [1.54, 1.807) is 23.3 Å². The van der Waals surface area contributed by atoms with Crippen molar-refractivity contribution in [3.63, 3.8) is 0 Å². The average Bonchev–Trinajstić information content (AvgIpc) is 2.86. The van der Waals surface area contributed by atoms with E-state index in [4.69, 9.17) is 0 Å². The van der Waals surface area contributed by atoms with Crippen LogP contribution in [0, 0.1) is 0 Å². The largest absolute Gasteiger partial charge is 0.310 e. The van der Waals surface area contributed by atoms with Gasteiger partial charge in [0.05, 0.1) is 11.9 Å². The van der Waals surface area contributed by atoms with Gasteiger partial charge in [-0.15, -0.1) is 0 Å². The first-order valence-electron chi connectivity index (χ1n) is 6.19. The zero-order chi connectivity index (χ0) is 13.9. The van der Waals surface area contributed by atoms with Crippen molar-refractivity contribution in [3.8, 4) is 11.3 Å². The maximum Gasteiger partial charge on any atom is 0.251 e. The molecule has 0 fully saturated rings. The predicted molar refractivity (Wildman–Crippen MR) is 74.1 cm³/mol. The average molecular weight is 267 g/mol. The molecule has 3 heterocycles. The molecule has 0 atom stereocenters. The fourth-order valence-corrected chi connectivity index (χ4v) is 1.99. The summed E-state index contributed by atoms with van der Waals surface area (Å²) in [7, 11) is 1.83. The SMILES string of the molecule is Cn1cc(-c2cc(=O)[nH]c(Cc3ccncc3)n2)cn1. The molecule has 3 aromatic rings. The van der Waals surface area contributed by atoms with E-state index >= 15 is 0 Å². The van der Waals surface area contributed by atoms with Gasteiger partial charge in [-0.05, 0) is 17.7 Å². The van der Waals surface area contributed by atoms with Crippen LogP contribution in [0.5, 0.6) is 0 Å². The number of aromatic amines is 1. The predicted octanol–water partition coefficient (Wildman–Crippen LogP) is 1.16. The molecular weight excluding hydrogens is 254 g/mol. The Bertz CT molecular complexity index is 776. The normalized spacial score (nSPS) is 10.7. The lowest BCUT2D eigenvalue weighted by Crippen LogP contribution is -2.11. The van der Waals surface area contributed by atoms with Crippen LogP contribution in [0.15, 0.2) is 47.8 Å². The number of hydrogen-bond acceptors (Lipinski definition) is 4. The molecule has 3 rings (SSSR count). The fourth-order valence-electron chi connectivity index (χ4n) is 1.99. The maximum atomic E-state index is 11.7. The number of aromatic nitrogens is 5. The fraction of sp³-hybridized carbons (Fsp3) is 0.143. The van der Waals surface area contributed by atoms with E-state index in [0.717, 1.165) is 11.1 Å². The topological polar surface area (TPSA) is 76.5 Å². The molecule has 0 aliphatic heterocycles. The van der Waals surface area contributed by atoms with Crippen molar-refractivity contribution in [2.45, 2.75) is 6.42 Å². The molecule has 6 nitrogen and oxygen atoms in total. The van der Waals surface area contributed by atoms with Crippen LogP contribution >= 0.6 is 0 Å². The molecule has 0 saturated carbocycles. The summed E-state index contributed by atoms with van der Waals surface area (Å²) in [4.78, 5) is 23.0. The summed E-state index contributed by atoms with van der Waals surface area (Å²) in [6.07, 6.45) is 7.53. The Kier molecular flexibility index (Phi) is 3.12. The van der Waals surface area contributed by atoms with Gasteiger partial charge in [-0.1, -0.05) is 0 Å². The highest BCUT2D eigenvalue weighted by Gasteiger charge is 2.06. The standard InChI is InChI=1S/C14H13N5O/c1-19-9-11(8-16-19)12-7-14(20)18-13(17-12)6-10-2-4-15-5-3-10/h2-5,7-9H,6H2,1H3,(H,17,18,20). The minimum absolute atomic E-state index is 0.164. The highest BCUT2D eigenvalue weighted by molar-refractivity contribution is 5.56. The second-order valence-electron chi connectivity index (χ2n) is 4.51. The maximum absolute atomic E-state index is 11.7. The molecule has 3 aromatic heterocycles. The third kappa shape index (κ3) is 2.64. The molecular formula is C14H13N5O. The summed E-state index contributed by atoms with van der Waals surface area (Å²) >= 11 is 0. The lowest BCUT2D eigenvalue weighted by Gasteiger charge is -2.03. The van der Waals surface area contributed by atoms with Gasteiger partial charge in [0.1, 0.15) is 5.82 Å². The first kappa shape index (κ1) is 12.3. The van der Waals surface area contributed by atoms with E-state index in [1.165, 1.54) is 6.07 Å². The molecule has 0 aromatic carbocycles.